The monoisotopic (exact) mass is 190 g/mol. The van der Waals surface area contributed by atoms with Crippen molar-refractivity contribution in [1.82, 2.24) is 4.90 Å². The Morgan fingerprint density at radius 2 is 2.07 bits per heavy atom. The number of carbonyl (C=O) groups excluding carboxylic acids is 1. The molecule has 2 rings (SSSR count). The highest BCUT2D eigenvalue weighted by Gasteiger charge is 2.18. The fourth-order valence-corrected chi connectivity index (χ4v) is 1.84. The molecule has 1 aromatic carbocycles. The van der Waals surface area contributed by atoms with Crippen molar-refractivity contribution in [2.24, 2.45) is 5.73 Å². The summed E-state index contributed by atoms with van der Waals surface area (Å²) >= 11 is 0. The van der Waals surface area contributed by atoms with Crippen LogP contribution in [0.4, 0.5) is 0 Å². The lowest BCUT2D eigenvalue weighted by Crippen LogP contribution is -2.39. The molecule has 1 amide bonds. The molecule has 1 aliphatic heterocycles. The molecule has 0 bridgehead atoms. The van der Waals surface area contributed by atoms with Crippen LogP contribution in [0.1, 0.15) is 11.1 Å². The molecule has 3 nitrogen and oxygen atoms in total. The summed E-state index contributed by atoms with van der Waals surface area (Å²) < 4.78 is 0. The predicted octanol–water partition coefficient (Wildman–Crippen LogP) is 0.530. The van der Waals surface area contributed by atoms with Gasteiger partial charge in [-0.05, 0) is 17.5 Å². The van der Waals surface area contributed by atoms with E-state index in [1.165, 1.54) is 11.1 Å². The Kier molecular flexibility index (Phi) is 2.50. The maximum atomic E-state index is 11.4. The van der Waals surface area contributed by atoms with E-state index in [4.69, 9.17) is 5.73 Å². The second-order valence-corrected chi connectivity index (χ2v) is 3.54. The van der Waals surface area contributed by atoms with E-state index in [-0.39, 0.29) is 12.5 Å². The summed E-state index contributed by atoms with van der Waals surface area (Å²) in [5, 5.41) is 0. The third-order valence-electron chi connectivity index (χ3n) is 2.66. The van der Waals surface area contributed by atoms with E-state index >= 15 is 0 Å². The zero-order chi connectivity index (χ0) is 9.97. The molecule has 0 fully saturated rings. The summed E-state index contributed by atoms with van der Waals surface area (Å²) in [5.74, 6) is 0.0412. The summed E-state index contributed by atoms with van der Waals surface area (Å²) in [6.45, 7) is 1.63. The molecular weight excluding hydrogens is 176 g/mol. The van der Waals surface area contributed by atoms with Crippen LogP contribution in [-0.4, -0.2) is 23.9 Å². The third kappa shape index (κ3) is 1.63. The minimum Gasteiger partial charge on any atom is -0.337 e. The lowest BCUT2D eigenvalue weighted by molar-refractivity contribution is -0.130. The van der Waals surface area contributed by atoms with Gasteiger partial charge in [0.15, 0.2) is 0 Å². The number of rotatable bonds is 1. The topological polar surface area (TPSA) is 46.3 Å². The van der Waals surface area contributed by atoms with Crippen molar-refractivity contribution < 1.29 is 4.79 Å². The molecule has 0 saturated heterocycles. The molecule has 0 unspecified atom stereocenters. The smallest absolute Gasteiger partial charge is 0.236 e. The van der Waals surface area contributed by atoms with Crippen LogP contribution in [0.15, 0.2) is 24.3 Å². The average molecular weight is 190 g/mol. The number of amides is 1. The SMILES string of the molecule is NCC(=O)N1CCc2ccccc2C1. The average Bonchev–Trinajstić information content (AvgIpc) is 2.27. The summed E-state index contributed by atoms with van der Waals surface area (Å²) in [4.78, 5) is 13.2. The number of hydrogen-bond acceptors (Lipinski definition) is 2. The van der Waals surface area contributed by atoms with Gasteiger partial charge in [-0.25, -0.2) is 0 Å². The Bertz CT molecular complexity index is 349. The molecule has 74 valence electrons. The molecule has 1 aromatic rings. The predicted molar refractivity (Wildman–Crippen MR) is 54.6 cm³/mol. The molecule has 14 heavy (non-hydrogen) atoms. The summed E-state index contributed by atoms with van der Waals surface area (Å²) in [6.07, 6.45) is 0.946. The van der Waals surface area contributed by atoms with E-state index < -0.39 is 0 Å². The first-order valence-electron chi connectivity index (χ1n) is 4.86. The quantitative estimate of drug-likeness (QED) is 0.702. The second-order valence-electron chi connectivity index (χ2n) is 3.54. The summed E-state index contributed by atoms with van der Waals surface area (Å²) in [6, 6.07) is 8.25. The van der Waals surface area contributed by atoms with E-state index in [1.54, 1.807) is 0 Å². The van der Waals surface area contributed by atoms with Crippen LogP contribution in [0.5, 0.6) is 0 Å². The van der Waals surface area contributed by atoms with Crippen LogP contribution < -0.4 is 5.73 Å². The summed E-state index contributed by atoms with van der Waals surface area (Å²) in [7, 11) is 0. The largest absolute Gasteiger partial charge is 0.337 e. The van der Waals surface area contributed by atoms with Crippen molar-refractivity contribution in [3.8, 4) is 0 Å². The van der Waals surface area contributed by atoms with Gasteiger partial charge in [-0.1, -0.05) is 24.3 Å². The fourth-order valence-electron chi connectivity index (χ4n) is 1.84. The van der Waals surface area contributed by atoms with Crippen LogP contribution in [0.2, 0.25) is 0 Å². The lowest BCUT2D eigenvalue weighted by Gasteiger charge is -2.28. The van der Waals surface area contributed by atoms with Gasteiger partial charge in [0.05, 0.1) is 6.54 Å². The van der Waals surface area contributed by atoms with Crippen LogP contribution in [0.3, 0.4) is 0 Å². The number of carbonyl (C=O) groups is 1. The Hall–Kier alpha value is -1.35. The fraction of sp³-hybridized carbons (Fsp3) is 0.364. The van der Waals surface area contributed by atoms with E-state index in [0.717, 1.165) is 13.0 Å². The highest BCUT2D eigenvalue weighted by atomic mass is 16.2. The molecule has 2 N–H and O–H groups in total. The van der Waals surface area contributed by atoms with Crippen molar-refractivity contribution in [1.29, 1.82) is 0 Å². The van der Waals surface area contributed by atoms with Gasteiger partial charge in [-0.3, -0.25) is 4.79 Å². The van der Waals surface area contributed by atoms with Crippen molar-refractivity contribution in [2.45, 2.75) is 13.0 Å². The zero-order valence-corrected chi connectivity index (χ0v) is 8.07. The molecule has 0 spiro atoms. The minimum absolute atomic E-state index is 0.0412. The molecule has 0 radical (unpaired) electrons. The van der Waals surface area contributed by atoms with Gasteiger partial charge >= 0.3 is 0 Å². The Morgan fingerprint density at radius 1 is 1.36 bits per heavy atom. The van der Waals surface area contributed by atoms with Crippen LogP contribution >= 0.6 is 0 Å². The maximum Gasteiger partial charge on any atom is 0.236 e. The first kappa shape index (κ1) is 9.21. The lowest BCUT2D eigenvalue weighted by atomic mass is 10.00. The van der Waals surface area contributed by atoms with Crippen molar-refractivity contribution in [3.05, 3.63) is 35.4 Å². The number of nitrogens with zero attached hydrogens (tertiary/aromatic N) is 1. The van der Waals surface area contributed by atoms with Gasteiger partial charge < -0.3 is 10.6 Å². The van der Waals surface area contributed by atoms with Gasteiger partial charge in [-0.2, -0.15) is 0 Å². The number of fused-ring (bicyclic) bond motifs is 1. The highest BCUT2D eigenvalue weighted by Crippen LogP contribution is 2.17. The number of hydrogen-bond donors (Lipinski definition) is 1. The Balaban J connectivity index is 2.17. The standard InChI is InChI=1S/C11H14N2O/c12-7-11(14)13-6-5-9-3-1-2-4-10(9)8-13/h1-4H,5-8,12H2. The molecule has 1 heterocycles. The Morgan fingerprint density at radius 3 is 2.79 bits per heavy atom. The third-order valence-corrected chi connectivity index (χ3v) is 2.66. The van der Waals surface area contributed by atoms with Crippen molar-refractivity contribution in [3.63, 3.8) is 0 Å². The van der Waals surface area contributed by atoms with Crippen LogP contribution in [0, 0.1) is 0 Å². The zero-order valence-electron chi connectivity index (χ0n) is 8.07. The Labute approximate surface area is 83.5 Å². The van der Waals surface area contributed by atoms with Crippen molar-refractivity contribution in [2.75, 3.05) is 13.1 Å². The molecular formula is C11H14N2O. The van der Waals surface area contributed by atoms with Gasteiger partial charge in [0, 0.05) is 13.1 Å². The molecule has 0 aliphatic carbocycles. The molecule has 3 heteroatoms. The molecule has 1 aliphatic rings. The highest BCUT2D eigenvalue weighted by molar-refractivity contribution is 5.78. The first-order chi connectivity index (χ1) is 6.81. The number of nitrogens with two attached hydrogens (primary N) is 1. The molecule has 0 atom stereocenters. The van der Waals surface area contributed by atoms with Gasteiger partial charge in [0.2, 0.25) is 5.91 Å². The van der Waals surface area contributed by atoms with E-state index in [0.29, 0.717) is 6.54 Å². The van der Waals surface area contributed by atoms with Gasteiger partial charge in [-0.15, -0.1) is 0 Å². The van der Waals surface area contributed by atoms with E-state index in [9.17, 15) is 4.79 Å². The van der Waals surface area contributed by atoms with Gasteiger partial charge in [0.1, 0.15) is 0 Å². The van der Waals surface area contributed by atoms with E-state index in [2.05, 4.69) is 12.1 Å². The second kappa shape index (κ2) is 3.80. The molecule has 0 aromatic heterocycles. The summed E-state index contributed by atoms with van der Waals surface area (Å²) in [5.41, 5.74) is 7.94. The van der Waals surface area contributed by atoms with Crippen molar-refractivity contribution >= 4 is 5.91 Å². The maximum absolute atomic E-state index is 11.4. The number of benzene rings is 1. The van der Waals surface area contributed by atoms with Crippen LogP contribution in [-0.2, 0) is 17.8 Å². The van der Waals surface area contributed by atoms with Crippen LogP contribution in [0.25, 0.3) is 0 Å². The minimum atomic E-state index is 0.0412. The molecule has 0 saturated carbocycles. The normalized spacial score (nSPS) is 15.1. The van der Waals surface area contributed by atoms with E-state index in [1.807, 2.05) is 17.0 Å². The van der Waals surface area contributed by atoms with Gasteiger partial charge in [0.25, 0.3) is 0 Å². The first-order valence-corrected chi connectivity index (χ1v) is 4.86.